The number of nitrogens with one attached hydrogen (secondary N) is 1. The third-order valence-corrected chi connectivity index (χ3v) is 3.43. The number of nitrogens with zero attached hydrogens (tertiary/aromatic N) is 1. The molecule has 0 bridgehead atoms. The molecule has 2 unspecified atom stereocenters. The number of carbonyl (C=O) groups excluding carboxylic acids is 1. The third-order valence-electron chi connectivity index (χ3n) is 3.19. The number of halogens is 1. The SMILES string of the molecule is Cc1ccc(Cl)cc1N1CC(C)NC(=O)C1CO. The molecule has 1 heterocycles. The summed E-state index contributed by atoms with van der Waals surface area (Å²) in [5.41, 5.74) is 1.95. The van der Waals surface area contributed by atoms with Crippen LogP contribution < -0.4 is 10.2 Å². The van der Waals surface area contributed by atoms with Crippen LogP contribution in [0.3, 0.4) is 0 Å². The van der Waals surface area contributed by atoms with Crippen molar-refractivity contribution in [3.05, 3.63) is 28.8 Å². The van der Waals surface area contributed by atoms with Crippen LogP contribution in [0.2, 0.25) is 5.02 Å². The van der Waals surface area contributed by atoms with E-state index in [4.69, 9.17) is 11.6 Å². The lowest BCUT2D eigenvalue weighted by Crippen LogP contribution is -2.60. The molecule has 2 N–H and O–H groups in total. The van der Waals surface area contributed by atoms with E-state index in [0.717, 1.165) is 11.3 Å². The van der Waals surface area contributed by atoms with Gasteiger partial charge in [0.2, 0.25) is 5.91 Å². The number of aliphatic hydroxyl groups is 1. The van der Waals surface area contributed by atoms with Crippen molar-refractivity contribution in [2.24, 2.45) is 0 Å². The number of rotatable bonds is 2. The molecule has 5 heteroatoms. The molecule has 1 amide bonds. The Labute approximate surface area is 112 Å². The summed E-state index contributed by atoms with van der Waals surface area (Å²) in [6.07, 6.45) is 0. The molecular formula is C13H17ClN2O2. The van der Waals surface area contributed by atoms with Crippen LogP contribution >= 0.6 is 11.6 Å². The zero-order valence-corrected chi connectivity index (χ0v) is 11.2. The highest BCUT2D eigenvalue weighted by molar-refractivity contribution is 6.30. The highest BCUT2D eigenvalue weighted by atomic mass is 35.5. The summed E-state index contributed by atoms with van der Waals surface area (Å²) in [5, 5.41) is 12.9. The zero-order chi connectivity index (χ0) is 13.3. The van der Waals surface area contributed by atoms with E-state index in [0.29, 0.717) is 11.6 Å². The Balaban J connectivity index is 2.39. The number of carbonyl (C=O) groups is 1. The van der Waals surface area contributed by atoms with E-state index in [-0.39, 0.29) is 18.6 Å². The Kier molecular flexibility index (Phi) is 3.78. The van der Waals surface area contributed by atoms with Gasteiger partial charge in [-0.1, -0.05) is 17.7 Å². The third kappa shape index (κ3) is 2.44. The van der Waals surface area contributed by atoms with Gasteiger partial charge in [-0.25, -0.2) is 0 Å². The highest BCUT2D eigenvalue weighted by Crippen LogP contribution is 2.27. The number of benzene rings is 1. The molecule has 1 aromatic carbocycles. The first-order valence-electron chi connectivity index (χ1n) is 5.97. The summed E-state index contributed by atoms with van der Waals surface area (Å²) in [4.78, 5) is 13.8. The fourth-order valence-electron chi connectivity index (χ4n) is 2.29. The average molecular weight is 269 g/mol. The summed E-state index contributed by atoms with van der Waals surface area (Å²) in [6, 6.07) is 5.09. The Morgan fingerprint density at radius 1 is 1.56 bits per heavy atom. The second kappa shape index (κ2) is 5.16. The van der Waals surface area contributed by atoms with E-state index in [9.17, 15) is 9.90 Å². The fraction of sp³-hybridized carbons (Fsp3) is 0.462. The molecule has 0 saturated carbocycles. The lowest BCUT2D eigenvalue weighted by Gasteiger charge is -2.39. The highest BCUT2D eigenvalue weighted by Gasteiger charge is 2.33. The van der Waals surface area contributed by atoms with E-state index in [2.05, 4.69) is 5.32 Å². The van der Waals surface area contributed by atoms with E-state index in [1.54, 1.807) is 0 Å². The molecular weight excluding hydrogens is 252 g/mol. The zero-order valence-electron chi connectivity index (χ0n) is 10.5. The van der Waals surface area contributed by atoms with Crippen LogP contribution in [0.25, 0.3) is 0 Å². The molecule has 1 saturated heterocycles. The van der Waals surface area contributed by atoms with Crippen molar-refractivity contribution in [2.75, 3.05) is 18.1 Å². The molecule has 2 rings (SSSR count). The topological polar surface area (TPSA) is 52.6 Å². The van der Waals surface area contributed by atoms with Gasteiger partial charge in [-0.05, 0) is 31.5 Å². The van der Waals surface area contributed by atoms with Crippen LogP contribution in [-0.2, 0) is 4.79 Å². The molecule has 0 radical (unpaired) electrons. The largest absolute Gasteiger partial charge is 0.394 e. The van der Waals surface area contributed by atoms with Crippen LogP contribution in [0.1, 0.15) is 12.5 Å². The predicted octanol–water partition coefficient (Wildman–Crippen LogP) is 1.33. The molecule has 98 valence electrons. The Morgan fingerprint density at radius 3 is 2.94 bits per heavy atom. The summed E-state index contributed by atoms with van der Waals surface area (Å²) in [6.45, 7) is 4.37. The second-order valence-corrected chi connectivity index (χ2v) is 5.13. The van der Waals surface area contributed by atoms with E-state index in [1.165, 1.54) is 0 Å². The molecule has 18 heavy (non-hydrogen) atoms. The maximum absolute atomic E-state index is 11.9. The molecule has 1 aromatic rings. The van der Waals surface area contributed by atoms with Crippen molar-refractivity contribution in [1.29, 1.82) is 0 Å². The molecule has 0 aromatic heterocycles. The van der Waals surface area contributed by atoms with Gasteiger partial charge in [0.05, 0.1) is 6.61 Å². The van der Waals surface area contributed by atoms with E-state index < -0.39 is 6.04 Å². The number of piperazine rings is 1. The number of aliphatic hydroxyl groups excluding tert-OH is 1. The summed E-state index contributed by atoms with van der Waals surface area (Å²) in [7, 11) is 0. The Morgan fingerprint density at radius 2 is 2.28 bits per heavy atom. The van der Waals surface area contributed by atoms with Crippen LogP contribution in [-0.4, -0.2) is 36.2 Å². The molecule has 0 spiro atoms. The first-order valence-corrected chi connectivity index (χ1v) is 6.34. The summed E-state index contributed by atoms with van der Waals surface area (Å²) < 4.78 is 0. The van der Waals surface area contributed by atoms with Crippen LogP contribution in [0.5, 0.6) is 0 Å². The molecule has 1 aliphatic heterocycles. The standard InChI is InChI=1S/C13H17ClN2O2/c1-8-3-4-10(14)5-11(8)16-6-9(2)15-13(18)12(16)7-17/h3-5,9,12,17H,6-7H2,1-2H3,(H,15,18). The minimum atomic E-state index is -0.543. The average Bonchev–Trinajstić information content (AvgIpc) is 2.31. The van der Waals surface area contributed by atoms with Crippen molar-refractivity contribution in [2.45, 2.75) is 25.9 Å². The van der Waals surface area contributed by atoms with Crippen molar-refractivity contribution in [3.63, 3.8) is 0 Å². The first kappa shape index (κ1) is 13.2. The first-order chi connectivity index (χ1) is 8.52. The lowest BCUT2D eigenvalue weighted by molar-refractivity contribution is -0.125. The van der Waals surface area contributed by atoms with Gasteiger partial charge in [0.15, 0.2) is 0 Å². The van der Waals surface area contributed by atoms with Crippen molar-refractivity contribution in [1.82, 2.24) is 5.32 Å². The van der Waals surface area contributed by atoms with E-state index in [1.807, 2.05) is 36.9 Å². The predicted molar refractivity (Wildman–Crippen MR) is 72.0 cm³/mol. The van der Waals surface area contributed by atoms with Crippen molar-refractivity contribution >= 4 is 23.2 Å². The van der Waals surface area contributed by atoms with Gasteiger partial charge in [-0.3, -0.25) is 4.79 Å². The van der Waals surface area contributed by atoms with Gasteiger partial charge >= 0.3 is 0 Å². The molecule has 1 fully saturated rings. The molecule has 1 aliphatic rings. The number of hydrogen-bond donors (Lipinski definition) is 2. The second-order valence-electron chi connectivity index (χ2n) is 4.69. The normalized spacial score (nSPS) is 24.0. The Hall–Kier alpha value is -1.26. The minimum absolute atomic E-state index is 0.0543. The maximum Gasteiger partial charge on any atom is 0.245 e. The van der Waals surface area contributed by atoms with Crippen LogP contribution in [0.4, 0.5) is 5.69 Å². The van der Waals surface area contributed by atoms with E-state index >= 15 is 0 Å². The maximum atomic E-state index is 11.9. The number of anilines is 1. The van der Waals surface area contributed by atoms with Crippen LogP contribution in [0, 0.1) is 6.92 Å². The molecule has 2 atom stereocenters. The smallest absolute Gasteiger partial charge is 0.245 e. The molecule has 0 aliphatic carbocycles. The van der Waals surface area contributed by atoms with Gasteiger partial charge in [0, 0.05) is 23.3 Å². The summed E-state index contributed by atoms with van der Waals surface area (Å²) in [5.74, 6) is -0.143. The monoisotopic (exact) mass is 268 g/mol. The van der Waals surface area contributed by atoms with Crippen molar-refractivity contribution in [3.8, 4) is 0 Å². The van der Waals surface area contributed by atoms with Gasteiger partial charge in [0.25, 0.3) is 0 Å². The molecule has 4 nitrogen and oxygen atoms in total. The lowest BCUT2D eigenvalue weighted by atomic mass is 10.1. The van der Waals surface area contributed by atoms with Crippen LogP contribution in [0.15, 0.2) is 18.2 Å². The summed E-state index contributed by atoms with van der Waals surface area (Å²) >= 11 is 6.01. The van der Waals surface area contributed by atoms with Gasteiger partial charge in [-0.2, -0.15) is 0 Å². The van der Waals surface area contributed by atoms with Gasteiger partial charge < -0.3 is 15.3 Å². The van der Waals surface area contributed by atoms with Crippen molar-refractivity contribution < 1.29 is 9.90 Å². The Bertz CT molecular complexity index is 464. The number of aryl methyl sites for hydroxylation is 1. The van der Waals surface area contributed by atoms with Gasteiger partial charge in [0.1, 0.15) is 6.04 Å². The minimum Gasteiger partial charge on any atom is -0.394 e. The number of hydrogen-bond acceptors (Lipinski definition) is 3. The quantitative estimate of drug-likeness (QED) is 0.851. The van der Waals surface area contributed by atoms with Gasteiger partial charge in [-0.15, -0.1) is 0 Å². The number of amides is 1. The fourth-order valence-corrected chi connectivity index (χ4v) is 2.45.